The molecule has 1 aromatic heterocycles. The van der Waals surface area contributed by atoms with Gasteiger partial charge in [-0.25, -0.2) is 4.98 Å². The predicted molar refractivity (Wildman–Crippen MR) is 87.9 cm³/mol. The van der Waals surface area contributed by atoms with Gasteiger partial charge in [-0.3, -0.25) is 5.41 Å². The fraction of sp³-hybridized carbons (Fsp3) is 0.412. The maximum Gasteiger partial charge on any atom is 0.140 e. The van der Waals surface area contributed by atoms with Gasteiger partial charge in [0.25, 0.3) is 0 Å². The Labute approximate surface area is 125 Å². The highest BCUT2D eigenvalue weighted by Crippen LogP contribution is 2.29. The molecular weight excluding hydrogens is 260 g/mol. The number of nitrogens with zero attached hydrogens (tertiary/aromatic N) is 2. The predicted octanol–water partition coefficient (Wildman–Crippen LogP) is 3.00. The molecule has 2 aromatic rings. The van der Waals surface area contributed by atoms with E-state index in [9.17, 15) is 0 Å². The maximum absolute atomic E-state index is 7.87. The SMILES string of the molecule is CC1CCN(c2nc3ccccc3cc2C(=N)N)CC1C. The van der Waals surface area contributed by atoms with Crippen LogP contribution in [0.1, 0.15) is 25.8 Å². The average Bonchev–Trinajstić information content (AvgIpc) is 2.48. The second-order valence-electron chi connectivity index (χ2n) is 6.16. The first-order valence-electron chi connectivity index (χ1n) is 7.55. The van der Waals surface area contributed by atoms with Crippen molar-refractivity contribution < 1.29 is 0 Å². The molecule has 1 aromatic carbocycles. The van der Waals surface area contributed by atoms with Crippen molar-refractivity contribution in [2.45, 2.75) is 20.3 Å². The Morgan fingerprint density at radius 2 is 2.05 bits per heavy atom. The first-order chi connectivity index (χ1) is 10.1. The van der Waals surface area contributed by atoms with Gasteiger partial charge in [0.05, 0.1) is 11.1 Å². The zero-order valence-corrected chi connectivity index (χ0v) is 12.6. The highest BCUT2D eigenvalue weighted by molar-refractivity contribution is 6.03. The Morgan fingerprint density at radius 3 is 2.76 bits per heavy atom. The van der Waals surface area contributed by atoms with Gasteiger partial charge in [-0.05, 0) is 30.4 Å². The molecule has 1 aliphatic heterocycles. The molecule has 0 aliphatic carbocycles. The average molecular weight is 282 g/mol. The molecule has 1 fully saturated rings. The van der Waals surface area contributed by atoms with Crippen LogP contribution < -0.4 is 10.6 Å². The summed E-state index contributed by atoms with van der Waals surface area (Å²) >= 11 is 0. The molecule has 3 rings (SSSR count). The summed E-state index contributed by atoms with van der Waals surface area (Å²) in [6, 6.07) is 9.99. The Kier molecular flexibility index (Phi) is 3.53. The van der Waals surface area contributed by atoms with E-state index in [2.05, 4.69) is 18.7 Å². The standard InChI is InChI=1S/C17H22N4/c1-11-7-8-21(10-12(11)2)17-14(16(18)19)9-13-5-3-4-6-15(13)20-17/h3-6,9,11-12H,7-8,10H2,1-2H3,(H3,18,19). The van der Waals surface area contributed by atoms with Crippen LogP contribution in [0, 0.1) is 17.2 Å². The molecule has 3 N–H and O–H groups in total. The second-order valence-corrected chi connectivity index (χ2v) is 6.16. The van der Waals surface area contributed by atoms with Crippen LogP contribution in [-0.4, -0.2) is 23.9 Å². The third-order valence-electron chi connectivity index (χ3n) is 4.63. The number of piperidine rings is 1. The minimum Gasteiger partial charge on any atom is -0.384 e. The summed E-state index contributed by atoms with van der Waals surface area (Å²) in [5.41, 5.74) is 7.50. The molecule has 4 nitrogen and oxygen atoms in total. The van der Waals surface area contributed by atoms with Gasteiger partial charge >= 0.3 is 0 Å². The monoisotopic (exact) mass is 282 g/mol. The van der Waals surface area contributed by atoms with Crippen LogP contribution >= 0.6 is 0 Å². The van der Waals surface area contributed by atoms with Gasteiger partial charge in [-0.2, -0.15) is 0 Å². The first kappa shape index (κ1) is 13.9. The molecule has 0 saturated carbocycles. The van der Waals surface area contributed by atoms with Gasteiger partial charge in [-0.1, -0.05) is 32.0 Å². The number of rotatable bonds is 2. The number of hydrogen-bond donors (Lipinski definition) is 2. The van der Waals surface area contributed by atoms with E-state index in [4.69, 9.17) is 16.1 Å². The highest BCUT2D eigenvalue weighted by Gasteiger charge is 2.25. The van der Waals surface area contributed by atoms with Crippen molar-refractivity contribution in [1.82, 2.24) is 4.98 Å². The first-order valence-corrected chi connectivity index (χ1v) is 7.55. The van der Waals surface area contributed by atoms with Gasteiger partial charge in [0, 0.05) is 18.5 Å². The van der Waals surface area contributed by atoms with E-state index >= 15 is 0 Å². The van der Waals surface area contributed by atoms with Crippen molar-refractivity contribution in [1.29, 1.82) is 5.41 Å². The smallest absolute Gasteiger partial charge is 0.140 e. The molecule has 21 heavy (non-hydrogen) atoms. The van der Waals surface area contributed by atoms with Crippen molar-refractivity contribution in [3.05, 3.63) is 35.9 Å². The summed E-state index contributed by atoms with van der Waals surface area (Å²) in [5.74, 6) is 2.32. The van der Waals surface area contributed by atoms with E-state index in [0.29, 0.717) is 5.92 Å². The summed E-state index contributed by atoms with van der Waals surface area (Å²) < 4.78 is 0. The number of aromatic nitrogens is 1. The third-order valence-corrected chi connectivity index (χ3v) is 4.63. The van der Waals surface area contributed by atoms with Gasteiger partial charge in [0.1, 0.15) is 11.7 Å². The summed E-state index contributed by atoms with van der Waals surface area (Å²) in [6.07, 6.45) is 1.16. The molecule has 2 unspecified atom stereocenters. The lowest BCUT2D eigenvalue weighted by Crippen LogP contribution is -2.40. The number of nitrogens with one attached hydrogen (secondary N) is 1. The Hall–Kier alpha value is -2.10. The zero-order valence-electron chi connectivity index (χ0n) is 12.6. The Morgan fingerprint density at radius 1 is 1.29 bits per heavy atom. The number of pyridine rings is 1. The summed E-state index contributed by atoms with van der Waals surface area (Å²) in [6.45, 7) is 6.55. The summed E-state index contributed by atoms with van der Waals surface area (Å²) in [4.78, 5) is 7.07. The number of nitrogen functional groups attached to an aromatic ring is 1. The molecule has 0 amide bonds. The molecule has 0 spiro atoms. The number of fused-ring (bicyclic) bond motifs is 1. The molecular formula is C17H22N4. The van der Waals surface area contributed by atoms with Crippen molar-refractivity contribution in [2.24, 2.45) is 17.6 Å². The van der Waals surface area contributed by atoms with Gasteiger partial charge in [-0.15, -0.1) is 0 Å². The van der Waals surface area contributed by atoms with E-state index in [1.54, 1.807) is 0 Å². The van der Waals surface area contributed by atoms with Crippen LogP contribution in [0.15, 0.2) is 30.3 Å². The Bertz CT molecular complexity index is 680. The van der Waals surface area contributed by atoms with Crippen LogP contribution in [-0.2, 0) is 0 Å². The minimum atomic E-state index is 0.0922. The molecule has 0 bridgehead atoms. The number of amidine groups is 1. The van der Waals surface area contributed by atoms with Crippen molar-refractivity contribution >= 4 is 22.6 Å². The second kappa shape index (κ2) is 5.35. The molecule has 2 heterocycles. The van der Waals surface area contributed by atoms with Gasteiger partial charge in [0.15, 0.2) is 0 Å². The van der Waals surface area contributed by atoms with E-state index in [0.717, 1.165) is 47.7 Å². The van der Waals surface area contributed by atoms with Crippen LogP contribution in [0.2, 0.25) is 0 Å². The number of benzene rings is 1. The largest absolute Gasteiger partial charge is 0.384 e. The lowest BCUT2D eigenvalue weighted by Gasteiger charge is -2.37. The molecule has 1 saturated heterocycles. The maximum atomic E-state index is 7.87. The number of para-hydroxylation sites is 1. The summed E-state index contributed by atoms with van der Waals surface area (Å²) in [5, 5.41) is 8.90. The lowest BCUT2D eigenvalue weighted by atomic mass is 9.88. The van der Waals surface area contributed by atoms with E-state index in [1.165, 1.54) is 0 Å². The van der Waals surface area contributed by atoms with Gasteiger partial charge in [0.2, 0.25) is 0 Å². The third kappa shape index (κ3) is 2.58. The minimum absolute atomic E-state index is 0.0922. The molecule has 2 atom stereocenters. The quantitative estimate of drug-likeness (QED) is 0.657. The number of nitrogens with two attached hydrogens (primary N) is 1. The van der Waals surface area contributed by atoms with Crippen molar-refractivity contribution in [2.75, 3.05) is 18.0 Å². The molecule has 0 radical (unpaired) electrons. The van der Waals surface area contributed by atoms with E-state index in [1.807, 2.05) is 30.3 Å². The van der Waals surface area contributed by atoms with Crippen molar-refractivity contribution in [3.63, 3.8) is 0 Å². The number of hydrogen-bond acceptors (Lipinski definition) is 3. The van der Waals surface area contributed by atoms with E-state index in [-0.39, 0.29) is 5.84 Å². The van der Waals surface area contributed by atoms with Crippen LogP contribution in [0.4, 0.5) is 5.82 Å². The highest BCUT2D eigenvalue weighted by atomic mass is 15.2. The topological polar surface area (TPSA) is 66.0 Å². The lowest BCUT2D eigenvalue weighted by molar-refractivity contribution is 0.323. The zero-order chi connectivity index (χ0) is 15.0. The van der Waals surface area contributed by atoms with Crippen molar-refractivity contribution in [3.8, 4) is 0 Å². The van der Waals surface area contributed by atoms with Crippen LogP contribution in [0.3, 0.4) is 0 Å². The summed E-state index contributed by atoms with van der Waals surface area (Å²) in [7, 11) is 0. The Balaban J connectivity index is 2.07. The fourth-order valence-electron chi connectivity index (χ4n) is 3.00. The van der Waals surface area contributed by atoms with Gasteiger partial charge < -0.3 is 10.6 Å². The number of anilines is 1. The van der Waals surface area contributed by atoms with E-state index < -0.39 is 0 Å². The molecule has 110 valence electrons. The normalized spacial score (nSPS) is 22.5. The fourth-order valence-corrected chi connectivity index (χ4v) is 3.00. The molecule has 4 heteroatoms. The van der Waals surface area contributed by atoms with Crippen LogP contribution in [0.25, 0.3) is 10.9 Å². The van der Waals surface area contributed by atoms with Crippen LogP contribution in [0.5, 0.6) is 0 Å². The molecule has 1 aliphatic rings.